The monoisotopic (exact) mass is 227 g/mol. The Morgan fingerprint density at radius 1 is 1.12 bits per heavy atom. The molecule has 2 heteroatoms. The van der Waals surface area contributed by atoms with E-state index < -0.39 is 0 Å². The van der Waals surface area contributed by atoms with Crippen molar-refractivity contribution in [2.75, 3.05) is 7.05 Å². The van der Waals surface area contributed by atoms with Crippen molar-refractivity contribution in [3.05, 3.63) is 0 Å². The van der Waals surface area contributed by atoms with Gasteiger partial charge in [0.15, 0.2) is 0 Å². The summed E-state index contributed by atoms with van der Waals surface area (Å²) in [6, 6.07) is 0. The van der Waals surface area contributed by atoms with E-state index in [0.29, 0.717) is 0 Å². The Morgan fingerprint density at radius 2 is 1.56 bits per heavy atom. The molecule has 16 heavy (non-hydrogen) atoms. The molecule has 0 heterocycles. The lowest BCUT2D eigenvalue weighted by molar-refractivity contribution is -0.142. The van der Waals surface area contributed by atoms with Crippen LogP contribution in [-0.2, 0) is 4.79 Å². The van der Waals surface area contributed by atoms with Crippen molar-refractivity contribution in [2.24, 2.45) is 11.3 Å². The molecule has 0 aliphatic rings. The Morgan fingerprint density at radius 3 is 1.81 bits per heavy atom. The summed E-state index contributed by atoms with van der Waals surface area (Å²) in [5.41, 5.74) is -0.0407. The molecular weight excluding hydrogens is 198 g/mol. The van der Waals surface area contributed by atoms with Crippen LogP contribution in [0.3, 0.4) is 0 Å². The summed E-state index contributed by atoms with van der Waals surface area (Å²) >= 11 is 0. The van der Waals surface area contributed by atoms with Gasteiger partial charge in [-0.1, -0.05) is 34.1 Å². The van der Waals surface area contributed by atoms with Crippen LogP contribution in [0.2, 0.25) is 0 Å². The lowest BCUT2D eigenvalue weighted by Crippen LogP contribution is -2.48. The highest BCUT2D eigenvalue weighted by atomic mass is 16.2. The smallest absolute Gasteiger partial charge is 0.226 e. The van der Waals surface area contributed by atoms with E-state index in [0.717, 1.165) is 12.8 Å². The van der Waals surface area contributed by atoms with Crippen molar-refractivity contribution in [3.8, 4) is 0 Å². The molecule has 96 valence electrons. The summed E-state index contributed by atoms with van der Waals surface area (Å²) < 4.78 is 0. The molecule has 0 unspecified atom stereocenters. The van der Waals surface area contributed by atoms with E-state index in [2.05, 4.69) is 48.5 Å². The molecule has 0 aromatic rings. The van der Waals surface area contributed by atoms with Gasteiger partial charge in [-0.3, -0.25) is 4.79 Å². The van der Waals surface area contributed by atoms with Crippen LogP contribution in [0.15, 0.2) is 0 Å². The third-order valence-corrected chi connectivity index (χ3v) is 3.26. The van der Waals surface area contributed by atoms with Gasteiger partial charge in [-0.15, -0.1) is 0 Å². The largest absolute Gasteiger partial charge is 0.341 e. The number of nitrogens with zero attached hydrogens (tertiary/aromatic N) is 1. The van der Waals surface area contributed by atoms with Crippen molar-refractivity contribution >= 4 is 5.91 Å². The summed E-state index contributed by atoms with van der Waals surface area (Å²) in [7, 11) is 1.91. The molecule has 0 N–H and O–H groups in total. The average Bonchev–Trinajstić information content (AvgIpc) is 2.08. The van der Waals surface area contributed by atoms with E-state index in [1.54, 1.807) is 0 Å². The highest BCUT2D eigenvalue weighted by Gasteiger charge is 2.35. The standard InChI is InChI=1S/C14H29NO/c1-9-10-11(13(2,3)4)12(16)15(8)14(5,6)7/h11H,9-10H2,1-8H3/t11-/m0/s1. The van der Waals surface area contributed by atoms with E-state index in [4.69, 9.17) is 0 Å². The van der Waals surface area contributed by atoms with Gasteiger partial charge in [0.1, 0.15) is 0 Å². The molecule has 0 fully saturated rings. The number of hydrogen-bond acceptors (Lipinski definition) is 1. The maximum atomic E-state index is 12.5. The van der Waals surface area contributed by atoms with Crippen LogP contribution in [0.1, 0.15) is 61.3 Å². The Hall–Kier alpha value is -0.530. The van der Waals surface area contributed by atoms with Crippen molar-refractivity contribution < 1.29 is 4.79 Å². The van der Waals surface area contributed by atoms with Gasteiger partial charge in [-0.25, -0.2) is 0 Å². The normalized spacial score (nSPS) is 14.8. The summed E-state index contributed by atoms with van der Waals surface area (Å²) in [5, 5.41) is 0. The number of carbonyl (C=O) groups excluding carboxylic acids is 1. The van der Waals surface area contributed by atoms with Crippen molar-refractivity contribution in [1.29, 1.82) is 0 Å². The van der Waals surface area contributed by atoms with E-state index in [-0.39, 0.29) is 22.8 Å². The SMILES string of the molecule is CCC[C@@H](C(=O)N(C)C(C)(C)C)C(C)(C)C. The molecule has 1 atom stereocenters. The van der Waals surface area contributed by atoms with Crippen LogP contribution in [0.4, 0.5) is 0 Å². The number of carbonyl (C=O) groups is 1. The highest BCUT2D eigenvalue weighted by Crippen LogP contribution is 2.32. The fourth-order valence-electron chi connectivity index (χ4n) is 1.78. The number of rotatable bonds is 3. The first-order valence-electron chi connectivity index (χ1n) is 6.29. The second-order valence-corrected chi connectivity index (χ2v) is 6.78. The molecule has 1 amide bonds. The zero-order valence-electron chi connectivity index (χ0n) is 12.3. The molecule has 0 spiro atoms. The number of hydrogen-bond donors (Lipinski definition) is 0. The molecule has 0 aromatic carbocycles. The van der Waals surface area contributed by atoms with Gasteiger partial charge in [0.05, 0.1) is 0 Å². The average molecular weight is 227 g/mol. The van der Waals surface area contributed by atoms with Gasteiger partial charge in [0, 0.05) is 18.5 Å². The second-order valence-electron chi connectivity index (χ2n) is 6.78. The maximum absolute atomic E-state index is 12.5. The molecule has 0 bridgehead atoms. The van der Waals surface area contributed by atoms with Gasteiger partial charge in [-0.2, -0.15) is 0 Å². The first kappa shape index (κ1) is 15.5. The second kappa shape index (κ2) is 5.20. The van der Waals surface area contributed by atoms with Crippen LogP contribution >= 0.6 is 0 Å². The molecule has 0 aromatic heterocycles. The Labute approximate surface area is 101 Å². The molecule has 0 radical (unpaired) electrons. The minimum absolute atomic E-state index is 0.0482. The van der Waals surface area contributed by atoms with Crippen LogP contribution in [-0.4, -0.2) is 23.4 Å². The predicted molar refractivity (Wildman–Crippen MR) is 70.4 cm³/mol. The summed E-state index contributed by atoms with van der Waals surface area (Å²) in [5.74, 6) is 0.406. The molecule has 2 nitrogen and oxygen atoms in total. The fourth-order valence-corrected chi connectivity index (χ4v) is 1.78. The molecule has 0 rings (SSSR count). The van der Waals surface area contributed by atoms with Gasteiger partial charge in [0.2, 0.25) is 5.91 Å². The first-order valence-corrected chi connectivity index (χ1v) is 6.29. The zero-order chi connectivity index (χ0) is 13.1. The molecule has 0 saturated heterocycles. The van der Waals surface area contributed by atoms with Gasteiger partial charge in [-0.05, 0) is 32.6 Å². The number of amides is 1. The topological polar surface area (TPSA) is 20.3 Å². The fraction of sp³-hybridized carbons (Fsp3) is 0.929. The van der Waals surface area contributed by atoms with Crippen molar-refractivity contribution in [2.45, 2.75) is 66.8 Å². The van der Waals surface area contributed by atoms with E-state index >= 15 is 0 Å². The summed E-state index contributed by atoms with van der Waals surface area (Å²) in [6.45, 7) is 14.8. The quantitative estimate of drug-likeness (QED) is 0.720. The summed E-state index contributed by atoms with van der Waals surface area (Å²) in [6.07, 6.45) is 2.04. The Balaban J connectivity index is 4.90. The van der Waals surface area contributed by atoms with Gasteiger partial charge < -0.3 is 4.90 Å². The van der Waals surface area contributed by atoms with Crippen LogP contribution in [0.25, 0.3) is 0 Å². The maximum Gasteiger partial charge on any atom is 0.226 e. The highest BCUT2D eigenvalue weighted by molar-refractivity contribution is 5.80. The molecule has 0 aliphatic heterocycles. The summed E-state index contributed by atoms with van der Waals surface area (Å²) in [4.78, 5) is 14.3. The third kappa shape index (κ3) is 4.15. The Kier molecular flexibility index (Phi) is 5.03. The predicted octanol–water partition coefficient (Wildman–Crippen LogP) is 3.71. The van der Waals surface area contributed by atoms with Crippen LogP contribution < -0.4 is 0 Å². The lowest BCUT2D eigenvalue weighted by atomic mass is 9.77. The lowest BCUT2D eigenvalue weighted by Gasteiger charge is -2.39. The van der Waals surface area contributed by atoms with Crippen LogP contribution in [0, 0.1) is 11.3 Å². The zero-order valence-corrected chi connectivity index (χ0v) is 12.3. The van der Waals surface area contributed by atoms with Gasteiger partial charge >= 0.3 is 0 Å². The van der Waals surface area contributed by atoms with Crippen LogP contribution in [0.5, 0.6) is 0 Å². The molecular formula is C14H29NO. The van der Waals surface area contributed by atoms with Crippen molar-refractivity contribution in [1.82, 2.24) is 4.90 Å². The van der Waals surface area contributed by atoms with E-state index in [9.17, 15) is 4.79 Å². The minimum Gasteiger partial charge on any atom is -0.341 e. The van der Waals surface area contributed by atoms with E-state index in [1.807, 2.05) is 11.9 Å². The van der Waals surface area contributed by atoms with Gasteiger partial charge in [0.25, 0.3) is 0 Å². The third-order valence-electron chi connectivity index (χ3n) is 3.26. The molecule has 0 saturated carbocycles. The van der Waals surface area contributed by atoms with E-state index in [1.165, 1.54) is 0 Å². The Bertz CT molecular complexity index is 232. The first-order chi connectivity index (χ1) is 7.01. The molecule has 0 aliphatic carbocycles. The minimum atomic E-state index is -0.0890. The van der Waals surface area contributed by atoms with Crippen molar-refractivity contribution in [3.63, 3.8) is 0 Å².